The van der Waals surface area contributed by atoms with Gasteiger partial charge in [-0.15, -0.1) is 0 Å². The third-order valence-corrected chi connectivity index (χ3v) is 3.98. The molecule has 112 valence electrons. The van der Waals surface area contributed by atoms with Crippen molar-refractivity contribution in [2.45, 2.75) is 64.5 Å². The van der Waals surface area contributed by atoms with Crippen molar-refractivity contribution in [3.63, 3.8) is 0 Å². The van der Waals surface area contributed by atoms with Crippen molar-refractivity contribution in [3.05, 3.63) is 23.7 Å². The van der Waals surface area contributed by atoms with E-state index in [9.17, 15) is 4.79 Å². The van der Waals surface area contributed by atoms with Gasteiger partial charge in [0.05, 0.1) is 0 Å². The Morgan fingerprint density at radius 1 is 1.20 bits per heavy atom. The first kappa shape index (κ1) is 15.1. The zero-order valence-electron chi connectivity index (χ0n) is 12.6. The van der Waals surface area contributed by atoms with Gasteiger partial charge in [-0.3, -0.25) is 4.79 Å². The van der Waals surface area contributed by atoms with Gasteiger partial charge < -0.3 is 15.1 Å². The minimum absolute atomic E-state index is 0.0744. The molecule has 1 amide bonds. The monoisotopic (exact) mass is 278 g/mol. The third-order valence-electron chi connectivity index (χ3n) is 3.98. The zero-order chi connectivity index (χ0) is 14.4. The van der Waals surface area contributed by atoms with E-state index in [1.54, 1.807) is 6.07 Å². The molecule has 1 aliphatic carbocycles. The average molecular weight is 278 g/mol. The second kappa shape index (κ2) is 7.48. The van der Waals surface area contributed by atoms with Gasteiger partial charge in [0.25, 0.3) is 5.91 Å². The molecule has 0 unspecified atom stereocenters. The second-order valence-electron chi connectivity index (χ2n) is 5.60. The number of nitrogens with one attached hydrogen (secondary N) is 2. The van der Waals surface area contributed by atoms with E-state index in [0.29, 0.717) is 11.8 Å². The molecule has 1 aromatic rings. The molecule has 0 spiro atoms. The van der Waals surface area contributed by atoms with Crippen LogP contribution in [0, 0.1) is 0 Å². The molecule has 2 N–H and O–H groups in total. The van der Waals surface area contributed by atoms with Crippen LogP contribution < -0.4 is 10.6 Å². The van der Waals surface area contributed by atoms with Gasteiger partial charge in [0.1, 0.15) is 5.76 Å². The molecule has 0 radical (unpaired) electrons. The normalized spacial score (nSPS) is 22.7. The molecule has 4 heteroatoms. The summed E-state index contributed by atoms with van der Waals surface area (Å²) in [6.07, 6.45) is 6.38. The zero-order valence-corrected chi connectivity index (χ0v) is 12.6. The van der Waals surface area contributed by atoms with Crippen LogP contribution in [-0.4, -0.2) is 24.5 Å². The number of hydrogen-bond acceptors (Lipinski definition) is 3. The van der Waals surface area contributed by atoms with E-state index in [2.05, 4.69) is 17.6 Å². The van der Waals surface area contributed by atoms with Crippen molar-refractivity contribution < 1.29 is 9.21 Å². The highest BCUT2D eigenvalue weighted by atomic mass is 16.3. The van der Waals surface area contributed by atoms with Crippen LogP contribution in [0.4, 0.5) is 0 Å². The molecule has 1 saturated carbocycles. The molecule has 1 heterocycles. The van der Waals surface area contributed by atoms with Crippen LogP contribution >= 0.6 is 0 Å². The van der Waals surface area contributed by atoms with Crippen LogP contribution in [0.15, 0.2) is 16.5 Å². The predicted octanol–water partition coefficient (Wildman–Crippen LogP) is 2.88. The number of rotatable bonds is 6. The fourth-order valence-corrected chi connectivity index (χ4v) is 2.74. The van der Waals surface area contributed by atoms with Gasteiger partial charge in [-0.2, -0.15) is 0 Å². The highest BCUT2D eigenvalue weighted by molar-refractivity contribution is 5.91. The van der Waals surface area contributed by atoms with Gasteiger partial charge >= 0.3 is 0 Å². The predicted molar refractivity (Wildman–Crippen MR) is 79.9 cm³/mol. The van der Waals surface area contributed by atoms with E-state index in [1.807, 2.05) is 13.0 Å². The molecule has 0 aromatic carbocycles. The van der Waals surface area contributed by atoms with Crippen LogP contribution in [0.5, 0.6) is 0 Å². The molecule has 1 aliphatic rings. The maximum absolute atomic E-state index is 12.1. The Kier molecular flexibility index (Phi) is 5.65. The van der Waals surface area contributed by atoms with Gasteiger partial charge in [0.15, 0.2) is 5.76 Å². The molecule has 0 saturated heterocycles. The van der Waals surface area contributed by atoms with Crippen molar-refractivity contribution >= 4 is 5.91 Å². The maximum atomic E-state index is 12.1. The van der Waals surface area contributed by atoms with Crippen LogP contribution in [0.2, 0.25) is 0 Å². The summed E-state index contributed by atoms with van der Waals surface area (Å²) < 4.78 is 5.49. The molecule has 4 nitrogen and oxygen atoms in total. The highest BCUT2D eigenvalue weighted by Gasteiger charge is 2.23. The summed E-state index contributed by atoms with van der Waals surface area (Å²) in [6, 6.07) is 4.55. The largest absolute Gasteiger partial charge is 0.456 e. The molecule has 0 aliphatic heterocycles. The molecule has 1 aromatic heterocycles. The summed E-state index contributed by atoms with van der Waals surface area (Å²) in [5.41, 5.74) is 0. The summed E-state index contributed by atoms with van der Waals surface area (Å²) in [7, 11) is 0. The lowest BCUT2D eigenvalue weighted by Crippen LogP contribution is -2.42. The minimum Gasteiger partial charge on any atom is -0.456 e. The molecular weight excluding hydrogens is 252 g/mol. The van der Waals surface area contributed by atoms with Gasteiger partial charge in [-0.05, 0) is 50.8 Å². The highest BCUT2D eigenvalue weighted by Crippen LogP contribution is 2.19. The number of furan rings is 1. The van der Waals surface area contributed by atoms with E-state index >= 15 is 0 Å². The van der Waals surface area contributed by atoms with Gasteiger partial charge in [0.2, 0.25) is 0 Å². The SMILES string of the molecule is CCCNC1CCC(NC(=O)c2ccc(CC)o2)CC1. The van der Waals surface area contributed by atoms with Crippen LogP contribution in [0.25, 0.3) is 0 Å². The Hall–Kier alpha value is -1.29. The fourth-order valence-electron chi connectivity index (χ4n) is 2.74. The molecule has 20 heavy (non-hydrogen) atoms. The van der Waals surface area contributed by atoms with E-state index in [1.165, 1.54) is 6.42 Å². The lowest BCUT2D eigenvalue weighted by Gasteiger charge is -2.29. The third kappa shape index (κ3) is 4.10. The fraction of sp³-hybridized carbons (Fsp3) is 0.688. The van der Waals surface area contributed by atoms with Crippen LogP contribution in [0.3, 0.4) is 0 Å². The van der Waals surface area contributed by atoms with E-state index in [-0.39, 0.29) is 11.9 Å². The van der Waals surface area contributed by atoms with Crippen molar-refractivity contribution in [2.75, 3.05) is 6.54 Å². The first-order chi connectivity index (χ1) is 9.72. The standard InChI is InChI=1S/C16H26N2O2/c1-3-11-17-12-5-7-13(8-6-12)18-16(19)15-10-9-14(4-2)20-15/h9-10,12-13,17H,3-8,11H2,1-2H3,(H,18,19). The molecular formula is C16H26N2O2. The summed E-state index contributed by atoms with van der Waals surface area (Å²) in [5, 5.41) is 6.65. The Bertz CT molecular complexity index is 420. The lowest BCUT2D eigenvalue weighted by molar-refractivity contribution is 0.0894. The lowest BCUT2D eigenvalue weighted by atomic mass is 9.91. The maximum Gasteiger partial charge on any atom is 0.287 e. The van der Waals surface area contributed by atoms with E-state index < -0.39 is 0 Å². The Labute approximate surface area is 121 Å². The Morgan fingerprint density at radius 2 is 1.90 bits per heavy atom. The van der Waals surface area contributed by atoms with Crippen LogP contribution in [-0.2, 0) is 6.42 Å². The van der Waals surface area contributed by atoms with Gasteiger partial charge in [-0.1, -0.05) is 13.8 Å². The Morgan fingerprint density at radius 3 is 2.50 bits per heavy atom. The minimum atomic E-state index is -0.0744. The first-order valence-electron chi connectivity index (χ1n) is 7.85. The number of aryl methyl sites for hydroxylation is 1. The van der Waals surface area contributed by atoms with Crippen molar-refractivity contribution in [1.82, 2.24) is 10.6 Å². The quantitative estimate of drug-likeness (QED) is 0.841. The van der Waals surface area contributed by atoms with E-state index in [4.69, 9.17) is 4.42 Å². The number of amides is 1. The number of carbonyl (C=O) groups excluding carboxylic acids is 1. The second-order valence-corrected chi connectivity index (χ2v) is 5.60. The smallest absolute Gasteiger partial charge is 0.287 e. The number of hydrogen-bond donors (Lipinski definition) is 2. The van der Waals surface area contributed by atoms with Crippen molar-refractivity contribution in [3.8, 4) is 0 Å². The Balaban J connectivity index is 1.76. The summed E-state index contributed by atoms with van der Waals surface area (Å²) in [4.78, 5) is 12.1. The number of carbonyl (C=O) groups is 1. The van der Waals surface area contributed by atoms with E-state index in [0.717, 1.165) is 44.4 Å². The molecule has 0 atom stereocenters. The molecule has 0 bridgehead atoms. The molecule has 2 rings (SSSR count). The average Bonchev–Trinajstić information content (AvgIpc) is 2.95. The van der Waals surface area contributed by atoms with Crippen molar-refractivity contribution in [2.24, 2.45) is 0 Å². The van der Waals surface area contributed by atoms with Gasteiger partial charge in [0, 0.05) is 18.5 Å². The summed E-state index contributed by atoms with van der Waals surface area (Å²) in [5.74, 6) is 1.23. The first-order valence-corrected chi connectivity index (χ1v) is 7.85. The topological polar surface area (TPSA) is 54.3 Å². The summed E-state index contributed by atoms with van der Waals surface area (Å²) in [6.45, 7) is 5.30. The van der Waals surface area contributed by atoms with Crippen LogP contribution in [0.1, 0.15) is 62.3 Å². The van der Waals surface area contributed by atoms with Gasteiger partial charge in [-0.25, -0.2) is 0 Å². The summed E-state index contributed by atoms with van der Waals surface area (Å²) >= 11 is 0. The molecule has 1 fully saturated rings. The van der Waals surface area contributed by atoms with Crippen molar-refractivity contribution in [1.29, 1.82) is 0 Å².